The summed E-state index contributed by atoms with van der Waals surface area (Å²) in [5, 5.41) is 0.787. The topological polar surface area (TPSA) is 55.6 Å². The fraction of sp³-hybridized carbons (Fsp3) is 0.417. The van der Waals surface area contributed by atoms with Gasteiger partial charge in [0.2, 0.25) is 5.91 Å². The number of carbonyl (C=O) groups is 1. The van der Waals surface area contributed by atoms with Crippen LogP contribution in [0.2, 0.25) is 10.0 Å². The molecule has 1 aromatic carbocycles. The quantitative estimate of drug-likeness (QED) is 0.670. The van der Waals surface area contributed by atoms with Crippen molar-refractivity contribution in [1.82, 2.24) is 4.90 Å². The lowest BCUT2D eigenvalue weighted by atomic mass is 10.3. The van der Waals surface area contributed by atoms with Crippen LogP contribution in [0.4, 0.5) is 5.69 Å². The highest BCUT2D eigenvalue weighted by molar-refractivity contribution is 6.42. The molecule has 0 aliphatic carbocycles. The van der Waals surface area contributed by atoms with E-state index in [1.165, 1.54) is 0 Å². The first-order chi connectivity index (χ1) is 8.41. The molecule has 0 fully saturated rings. The lowest BCUT2D eigenvalue weighted by Crippen LogP contribution is -2.21. The van der Waals surface area contributed by atoms with Crippen LogP contribution >= 0.6 is 23.2 Å². The Hall–Kier alpha value is -1.13. The van der Waals surface area contributed by atoms with Crippen LogP contribution in [0.3, 0.4) is 0 Å². The Labute approximate surface area is 117 Å². The van der Waals surface area contributed by atoms with Crippen LogP contribution in [0.1, 0.15) is 12.8 Å². The van der Waals surface area contributed by atoms with Gasteiger partial charge in [0, 0.05) is 26.6 Å². The van der Waals surface area contributed by atoms with Gasteiger partial charge in [-0.05, 0) is 12.5 Å². The molecule has 0 radical (unpaired) electrons. The number of rotatable bonds is 5. The van der Waals surface area contributed by atoms with Crippen molar-refractivity contribution in [3.63, 3.8) is 0 Å². The molecule has 1 amide bonds. The molecule has 0 aromatic heterocycles. The van der Waals surface area contributed by atoms with E-state index in [-0.39, 0.29) is 5.91 Å². The summed E-state index contributed by atoms with van der Waals surface area (Å²) in [6.07, 6.45) is 1.06. The van der Waals surface area contributed by atoms with Crippen molar-refractivity contribution in [2.24, 2.45) is 0 Å². The van der Waals surface area contributed by atoms with Crippen molar-refractivity contribution in [2.75, 3.05) is 26.4 Å². The SMILES string of the molecule is CN(C)C(=O)CCCOc1cc(Cl)c(Cl)cc1N. The van der Waals surface area contributed by atoms with E-state index < -0.39 is 0 Å². The molecule has 18 heavy (non-hydrogen) atoms. The molecule has 0 spiro atoms. The number of nitrogens with zero attached hydrogens (tertiary/aromatic N) is 1. The molecule has 100 valence electrons. The van der Waals surface area contributed by atoms with E-state index in [9.17, 15) is 4.79 Å². The lowest BCUT2D eigenvalue weighted by Gasteiger charge is -2.12. The lowest BCUT2D eigenvalue weighted by molar-refractivity contribution is -0.128. The zero-order chi connectivity index (χ0) is 13.7. The zero-order valence-corrected chi connectivity index (χ0v) is 11.9. The van der Waals surface area contributed by atoms with Gasteiger partial charge < -0.3 is 15.4 Å². The van der Waals surface area contributed by atoms with Gasteiger partial charge in [0.25, 0.3) is 0 Å². The standard InChI is InChI=1S/C12H16Cl2N2O2/c1-16(2)12(17)4-3-5-18-11-7-9(14)8(13)6-10(11)15/h6-7H,3-5,15H2,1-2H3. The summed E-state index contributed by atoms with van der Waals surface area (Å²) < 4.78 is 5.46. The van der Waals surface area contributed by atoms with Gasteiger partial charge in [-0.15, -0.1) is 0 Å². The van der Waals surface area contributed by atoms with Gasteiger partial charge in [-0.3, -0.25) is 4.79 Å². The second-order valence-electron chi connectivity index (χ2n) is 4.04. The van der Waals surface area contributed by atoms with E-state index in [1.807, 2.05) is 0 Å². The molecule has 0 bridgehead atoms. The van der Waals surface area contributed by atoms with Crippen molar-refractivity contribution in [3.05, 3.63) is 22.2 Å². The second-order valence-corrected chi connectivity index (χ2v) is 4.86. The van der Waals surface area contributed by atoms with Crippen LogP contribution in [0.5, 0.6) is 5.75 Å². The number of amides is 1. The predicted octanol–water partition coefficient (Wildman–Crippen LogP) is 2.82. The Bertz CT molecular complexity index is 436. The third-order valence-electron chi connectivity index (χ3n) is 2.34. The van der Waals surface area contributed by atoms with E-state index in [4.69, 9.17) is 33.7 Å². The molecule has 0 heterocycles. The first-order valence-electron chi connectivity index (χ1n) is 5.49. The molecule has 0 atom stereocenters. The summed E-state index contributed by atoms with van der Waals surface area (Å²) >= 11 is 11.7. The van der Waals surface area contributed by atoms with Gasteiger partial charge in [0.05, 0.1) is 22.3 Å². The van der Waals surface area contributed by atoms with Crippen LogP contribution in [-0.2, 0) is 4.79 Å². The zero-order valence-electron chi connectivity index (χ0n) is 10.4. The van der Waals surface area contributed by atoms with Gasteiger partial charge in [0.1, 0.15) is 5.75 Å². The highest BCUT2D eigenvalue weighted by Gasteiger charge is 2.07. The summed E-state index contributed by atoms with van der Waals surface area (Å²) in [6.45, 7) is 0.405. The predicted molar refractivity (Wildman–Crippen MR) is 74.3 cm³/mol. The number of hydrogen-bond acceptors (Lipinski definition) is 3. The van der Waals surface area contributed by atoms with Crippen molar-refractivity contribution >= 4 is 34.8 Å². The molecule has 1 rings (SSSR count). The molecule has 6 heteroatoms. The third kappa shape index (κ3) is 4.27. The molecule has 0 aliphatic rings. The largest absolute Gasteiger partial charge is 0.491 e. The molecule has 0 aliphatic heterocycles. The van der Waals surface area contributed by atoms with Crippen molar-refractivity contribution in [1.29, 1.82) is 0 Å². The number of halogens is 2. The van der Waals surface area contributed by atoms with Crippen LogP contribution in [0, 0.1) is 0 Å². The average molecular weight is 291 g/mol. The Morgan fingerprint density at radius 2 is 1.94 bits per heavy atom. The van der Waals surface area contributed by atoms with Gasteiger partial charge >= 0.3 is 0 Å². The van der Waals surface area contributed by atoms with E-state index in [2.05, 4.69) is 0 Å². The molecular weight excluding hydrogens is 275 g/mol. The Kier molecular flexibility index (Phi) is 5.56. The van der Waals surface area contributed by atoms with E-state index in [1.54, 1.807) is 31.1 Å². The highest BCUT2D eigenvalue weighted by atomic mass is 35.5. The van der Waals surface area contributed by atoms with Crippen molar-refractivity contribution < 1.29 is 9.53 Å². The fourth-order valence-electron chi connectivity index (χ4n) is 1.30. The summed E-state index contributed by atoms with van der Waals surface area (Å²) in [5.74, 6) is 0.558. The van der Waals surface area contributed by atoms with Gasteiger partial charge in [-0.25, -0.2) is 0 Å². The monoisotopic (exact) mass is 290 g/mol. The summed E-state index contributed by atoms with van der Waals surface area (Å²) in [7, 11) is 3.44. The highest BCUT2D eigenvalue weighted by Crippen LogP contribution is 2.32. The Balaban J connectivity index is 2.45. The number of benzene rings is 1. The number of nitrogens with two attached hydrogens (primary N) is 1. The molecule has 0 unspecified atom stereocenters. The molecule has 2 N–H and O–H groups in total. The van der Waals surface area contributed by atoms with Gasteiger partial charge in [-0.2, -0.15) is 0 Å². The molecule has 0 saturated carbocycles. The minimum absolute atomic E-state index is 0.0701. The van der Waals surface area contributed by atoms with E-state index >= 15 is 0 Å². The van der Waals surface area contributed by atoms with E-state index in [0.29, 0.717) is 40.9 Å². The molecule has 0 saturated heterocycles. The molecular formula is C12H16Cl2N2O2. The maximum absolute atomic E-state index is 11.3. The summed E-state index contributed by atoms with van der Waals surface area (Å²) in [6, 6.07) is 3.12. The summed E-state index contributed by atoms with van der Waals surface area (Å²) in [4.78, 5) is 12.9. The van der Waals surface area contributed by atoms with Crippen LogP contribution in [0.15, 0.2) is 12.1 Å². The molecule has 4 nitrogen and oxygen atoms in total. The minimum Gasteiger partial charge on any atom is -0.491 e. The van der Waals surface area contributed by atoms with E-state index in [0.717, 1.165) is 0 Å². The third-order valence-corrected chi connectivity index (χ3v) is 3.07. The number of anilines is 1. The van der Waals surface area contributed by atoms with Gasteiger partial charge in [0.15, 0.2) is 0 Å². The number of carbonyl (C=O) groups excluding carboxylic acids is 1. The van der Waals surface area contributed by atoms with Gasteiger partial charge in [-0.1, -0.05) is 23.2 Å². The first kappa shape index (κ1) is 14.9. The maximum Gasteiger partial charge on any atom is 0.222 e. The first-order valence-corrected chi connectivity index (χ1v) is 6.25. The van der Waals surface area contributed by atoms with Crippen LogP contribution in [-0.4, -0.2) is 31.5 Å². The minimum atomic E-state index is 0.0701. The number of nitrogen functional groups attached to an aromatic ring is 1. The van der Waals surface area contributed by atoms with Crippen LogP contribution in [0.25, 0.3) is 0 Å². The Morgan fingerprint density at radius 1 is 1.33 bits per heavy atom. The molecule has 1 aromatic rings. The maximum atomic E-state index is 11.3. The van der Waals surface area contributed by atoms with Crippen molar-refractivity contribution in [2.45, 2.75) is 12.8 Å². The smallest absolute Gasteiger partial charge is 0.222 e. The van der Waals surface area contributed by atoms with Crippen molar-refractivity contribution in [3.8, 4) is 5.75 Å². The normalized spacial score (nSPS) is 10.2. The van der Waals surface area contributed by atoms with Crippen LogP contribution < -0.4 is 10.5 Å². The number of hydrogen-bond donors (Lipinski definition) is 1. The summed E-state index contributed by atoms with van der Waals surface area (Å²) in [5.41, 5.74) is 6.17. The Morgan fingerprint density at radius 3 is 2.56 bits per heavy atom. The fourth-order valence-corrected chi connectivity index (χ4v) is 1.62. The second kappa shape index (κ2) is 6.71. The number of ether oxygens (including phenoxy) is 1. The average Bonchev–Trinajstić information content (AvgIpc) is 2.30.